The van der Waals surface area contributed by atoms with Crippen molar-refractivity contribution in [2.24, 2.45) is 0 Å². The molecular weight excluding hydrogens is 224 g/mol. The fourth-order valence-corrected chi connectivity index (χ4v) is 2.44. The Labute approximate surface area is 106 Å². The first kappa shape index (κ1) is 11.2. The SMILES string of the molecule is O=C(Cc1ccc2ccccc2n1)N1CCCC1. The van der Waals surface area contributed by atoms with Gasteiger partial charge in [0.05, 0.1) is 17.6 Å². The largest absolute Gasteiger partial charge is 0.342 e. The molecule has 2 aromatic rings. The second-order valence-corrected chi connectivity index (χ2v) is 4.76. The second-order valence-electron chi connectivity index (χ2n) is 4.76. The lowest BCUT2D eigenvalue weighted by Gasteiger charge is -2.14. The summed E-state index contributed by atoms with van der Waals surface area (Å²) in [5.41, 5.74) is 1.83. The van der Waals surface area contributed by atoms with Gasteiger partial charge in [0, 0.05) is 18.5 Å². The van der Waals surface area contributed by atoms with E-state index < -0.39 is 0 Å². The molecule has 92 valence electrons. The average Bonchev–Trinajstić information content (AvgIpc) is 2.92. The van der Waals surface area contributed by atoms with Crippen molar-refractivity contribution in [3.8, 4) is 0 Å². The first-order valence-corrected chi connectivity index (χ1v) is 6.45. The molecule has 0 radical (unpaired) electrons. The van der Waals surface area contributed by atoms with Gasteiger partial charge in [0.15, 0.2) is 0 Å². The van der Waals surface area contributed by atoms with Crippen molar-refractivity contribution in [1.29, 1.82) is 0 Å². The van der Waals surface area contributed by atoms with E-state index in [4.69, 9.17) is 0 Å². The Bertz CT molecular complexity index is 573. The summed E-state index contributed by atoms with van der Waals surface area (Å²) in [5.74, 6) is 0.204. The van der Waals surface area contributed by atoms with Gasteiger partial charge in [-0.3, -0.25) is 9.78 Å². The van der Waals surface area contributed by atoms with E-state index in [2.05, 4.69) is 4.98 Å². The first-order chi connectivity index (χ1) is 8.83. The third-order valence-electron chi connectivity index (χ3n) is 3.45. The topological polar surface area (TPSA) is 33.2 Å². The molecule has 1 amide bonds. The molecule has 0 spiro atoms. The number of amides is 1. The summed E-state index contributed by atoms with van der Waals surface area (Å²) in [6, 6.07) is 12.0. The van der Waals surface area contributed by atoms with E-state index in [9.17, 15) is 4.79 Å². The molecule has 0 unspecified atom stereocenters. The third-order valence-corrected chi connectivity index (χ3v) is 3.45. The van der Waals surface area contributed by atoms with Crippen LogP contribution >= 0.6 is 0 Å². The molecule has 1 fully saturated rings. The van der Waals surface area contributed by atoms with Crippen LogP contribution in [0.4, 0.5) is 0 Å². The van der Waals surface area contributed by atoms with Crippen LogP contribution in [0.15, 0.2) is 36.4 Å². The second kappa shape index (κ2) is 4.77. The van der Waals surface area contributed by atoms with Gasteiger partial charge in [0.25, 0.3) is 0 Å². The predicted octanol–water partition coefficient (Wildman–Crippen LogP) is 2.40. The highest BCUT2D eigenvalue weighted by Crippen LogP contribution is 2.14. The highest BCUT2D eigenvalue weighted by Gasteiger charge is 2.18. The van der Waals surface area contributed by atoms with Crippen LogP contribution in [0.3, 0.4) is 0 Å². The zero-order valence-corrected chi connectivity index (χ0v) is 10.3. The molecule has 1 aliphatic rings. The number of carbonyl (C=O) groups is 1. The summed E-state index contributed by atoms with van der Waals surface area (Å²) >= 11 is 0. The van der Waals surface area contributed by atoms with Gasteiger partial charge in [-0.2, -0.15) is 0 Å². The summed E-state index contributed by atoms with van der Waals surface area (Å²) in [7, 11) is 0. The predicted molar refractivity (Wildman–Crippen MR) is 71.3 cm³/mol. The zero-order chi connectivity index (χ0) is 12.4. The van der Waals surface area contributed by atoms with Crippen LogP contribution in [-0.2, 0) is 11.2 Å². The molecule has 3 heteroatoms. The molecule has 1 aromatic carbocycles. The fourth-order valence-electron chi connectivity index (χ4n) is 2.44. The Morgan fingerprint density at radius 2 is 1.89 bits per heavy atom. The number of hydrogen-bond donors (Lipinski definition) is 0. The quantitative estimate of drug-likeness (QED) is 0.807. The van der Waals surface area contributed by atoms with Crippen LogP contribution in [-0.4, -0.2) is 28.9 Å². The van der Waals surface area contributed by atoms with Crippen molar-refractivity contribution in [3.05, 3.63) is 42.1 Å². The maximum absolute atomic E-state index is 12.0. The standard InChI is InChI=1S/C15H16N2O/c18-15(17-9-3-4-10-17)11-13-8-7-12-5-1-2-6-14(12)16-13/h1-2,5-8H,3-4,9-11H2. The van der Waals surface area contributed by atoms with Gasteiger partial charge >= 0.3 is 0 Å². The smallest absolute Gasteiger partial charge is 0.228 e. The molecule has 1 aliphatic heterocycles. The zero-order valence-electron chi connectivity index (χ0n) is 10.3. The van der Waals surface area contributed by atoms with Crippen LogP contribution in [0.25, 0.3) is 10.9 Å². The number of carbonyl (C=O) groups excluding carboxylic acids is 1. The Kier molecular flexibility index (Phi) is 2.97. The molecule has 3 rings (SSSR count). The number of likely N-dealkylation sites (tertiary alicyclic amines) is 1. The van der Waals surface area contributed by atoms with Gasteiger partial charge in [-0.05, 0) is 25.0 Å². The highest BCUT2D eigenvalue weighted by molar-refractivity contribution is 5.81. The van der Waals surface area contributed by atoms with Crippen LogP contribution in [0.2, 0.25) is 0 Å². The number of aromatic nitrogens is 1. The van der Waals surface area contributed by atoms with Crippen molar-refractivity contribution < 1.29 is 4.79 Å². The van der Waals surface area contributed by atoms with E-state index in [-0.39, 0.29) is 5.91 Å². The lowest BCUT2D eigenvalue weighted by molar-refractivity contribution is -0.129. The summed E-state index contributed by atoms with van der Waals surface area (Å²) in [6.45, 7) is 1.82. The first-order valence-electron chi connectivity index (χ1n) is 6.45. The van der Waals surface area contributed by atoms with E-state index in [1.54, 1.807) is 0 Å². The number of rotatable bonds is 2. The number of fused-ring (bicyclic) bond motifs is 1. The van der Waals surface area contributed by atoms with Crippen molar-refractivity contribution >= 4 is 16.8 Å². The van der Waals surface area contributed by atoms with Gasteiger partial charge in [0.1, 0.15) is 0 Å². The molecule has 0 N–H and O–H groups in total. The van der Waals surface area contributed by atoms with E-state index in [0.29, 0.717) is 6.42 Å². The molecule has 2 heterocycles. The van der Waals surface area contributed by atoms with Gasteiger partial charge in [0.2, 0.25) is 5.91 Å². The van der Waals surface area contributed by atoms with E-state index >= 15 is 0 Å². The van der Waals surface area contributed by atoms with Gasteiger partial charge in [-0.1, -0.05) is 24.3 Å². The van der Waals surface area contributed by atoms with Crippen LogP contribution in [0.1, 0.15) is 18.5 Å². The lowest BCUT2D eigenvalue weighted by Crippen LogP contribution is -2.29. The molecular formula is C15H16N2O. The third kappa shape index (κ3) is 2.21. The van der Waals surface area contributed by atoms with Crippen molar-refractivity contribution in [3.63, 3.8) is 0 Å². The summed E-state index contributed by atoms with van der Waals surface area (Å²) in [4.78, 5) is 18.5. The van der Waals surface area contributed by atoms with Crippen LogP contribution in [0, 0.1) is 0 Å². The van der Waals surface area contributed by atoms with Gasteiger partial charge in [-0.25, -0.2) is 0 Å². The Morgan fingerprint density at radius 3 is 2.72 bits per heavy atom. The number of pyridine rings is 1. The van der Waals surface area contributed by atoms with Gasteiger partial charge < -0.3 is 4.90 Å². The molecule has 3 nitrogen and oxygen atoms in total. The monoisotopic (exact) mass is 240 g/mol. The van der Waals surface area contributed by atoms with Gasteiger partial charge in [-0.15, -0.1) is 0 Å². The normalized spacial score (nSPS) is 15.2. The van der Waals surface area contributed by atoms with Crippen molar-refractivity contribution in [2.75, 3.05) is 13.1 Å². The number of para-hydroxylation sites is 1. The molecule has 0 aliphatic carbocycles. The minimum Gasteiger partial charge on any atom is -0.342 e. The highest BCUT2D eigenvalue weighted by atomic mass is 16.2. The molecule has 0 saturated carbocycles. The summed E-state index contributed by atoms with van der Waals surface area (Å²) in [5, 5.41) is 1.12. The minimum absolute atomic E-state index is 0.204. The Hall–Kier alpha value is -1.90. The van der Waals surface area contributed by atoms with E-state index in [1.807, 2.05) is 41.3 Å². The van der Waals surface area contributed by atoms with E-state index in [1.165, 1.54) is 0 Å². The molecule has 1 aromatic heterocycles. The fraction of sp³-hybridized carbons (Fsp3) is 0.333. The van der Waals surface area contributed by atoms with Crippen LogP contribution in [0.5, 0.6) is 0 Å². The number of hydrogen-bond acceptors (Lipinski definition) is 2. The summed E-state index contributed by atoms with van der Waals surface area (Å²) < 4.78 is 0. The Morgan fingerprint density at radius 1 is 1.11 bits per heavy atom. The molecule has 0 atom stereocenters. The summed E-state index contributed by atoms with van der Waals surface area (Å²) in [6.07, 6.45) is 2.69. The number of nitrogens with zero attached hydrogens (tertiary/aromatic N) is 2. The molecule has 0 bridgehead atoms. The van der Waals surface area contributed by atoms with Crippen LogP contribution < -0.4 is 0 Å². The molecule has 18 heavy (non-hydrogen) atoms. The maximum Gasteiger partial charge on any atom is 0.228 e. The average molecular weight is 240 g/mol. The number of benzene rings is 1. The van der Waals surface area contributed by atoms with Crippen molar-refractivity contribution in [1.82, 2.24) is 9.88 Å². The molecule has 1 saturated heterocycles. The van der Waals surface area contributed by atoms with Crippen molar-refractivity contribution in [2.45, 2.75) is 19.3 Å². The Balaban J connectivity index is 1.79. The minimum atomic E-state index is 0.204. The van der Waals surface area contributed by atoms with E-state index in [0.717, 1.165) is 42.5 Å². The lowest BCUT2D eigenvalue weighted by atomic mass is 10.1. The maximum atomic E-state index is 12.0.